The first kappa shape index (κ1) is 15.1. The number of halogens is 1. The van der Waals surface area contributed by atoms with Crippen molar-refractivity contribution in [3.63, 3.8) is 0 Å². The van der Waals surface area contributed by atoms with Gasteiger partial charge in [0.05, 0.1) is 0 Å². The highest BCUT2D eigenvalue weighted by Gasteiger charge is 2.27. The number of unbranched alkanes of at least 4 members (excludes halogenated alkanes) is 3. The molecule has 5 heteroatoms. The van der Waals surface area contributed by atoms with E-state index in [0.29, 0.717) is 5.92 Å². The Morgan fingerprint density at radius 2 is 2.05 bits per heavy atom. The summed E-state index contributed by atoms with van der Waals surface area (Å²) in [6.07, 6.45) is 9.85. The first-order chi connectivity index (χ1) is 9.29. The topological polar surface area (TPSA) is 37.8 Å². The van der Waals surface area contributed by atoms with Crippen LogP contribution in [0.15, 0.2) is 10.7 Å². The first-order valence-electron chi connectivity index (χ1n) is 7.07. The Hall–Kier alpha value is -0.290. The lowest BCUT2D eigenvalue weighted by Crippen LogP contribution is -2.06. The standard InChI is InChI=1S/C14H22BrN3S/c1-19-9-5-3-2-4-8-16-13-10-12(15)17-14(18-13)11-6-7-11/h10-11H,2-9H2,1H3,(H,16,17,18). The van der Waals surface area contributed by atoms with Crippen LogP contribution < -0.4 is 5.32 Å². The molecule has 3 nitrogen and oxygen atoms in total. The second-order valence-corrected chi connectivity index (χ2v) is 6.84. The van der Waals surface area contributed by atoms with Crippen LogP contribution >= 0.6 is 27.7 Å². The molecule has 0 saturated heterocycles. The quantitative estimate of drug-likeness (QED) is 0.530. The number of aromatic nitrogens is 2. The molecule has 1 aromatic heterocycles. The molecule has 0 bridgehead atoms. The van der Waals surface area contributed by atoms with Gasteiger partial charge >= 0.3 is 0 Å². The van der Waals surface area contributed by atoms with Crippen molar-refractivity contribution in [2.75, 3.05) is 23.9 Å². The van der Waals surface area contributed by atoms with E-state index in [1.165, 1.54) is 44.3 Å². The lowest BCUT2D eigenvalue weighted by molar-refractivity contribution is 0.688. The summed E-state index contributed by atoms with van der Waals surface area (Å²) in [5.41, 5.74) is 0. The summed E-state index contributed by atoms with van der Waals surface area (Å²) in [6, 6.07) is 1.97. The van der Waals surface area contributed by atoms with Crippen molar-refractivity contribution in [2.24, 2.45) is 0 Å². The zero-order valence-electron chi connectivity index (χ0n) is 11.5. The number of hydrogen-bond acceptors (Lipinski definition) is 4. The van der Waals surface area contributed by atoms with Gasteiger partial charge in [-0.2, -0.15) is 11.8 Å². The predicted octanol–water partition coefficient (Wildman–Crippen LogP) is 4.45. The van der Waals surface area contributed by atoms with E-state index in [9.17, 15) is 0 Å². The van der Waals surface area contributed by atoms with Crippen LogP contribution in [-0.4, -0.2) is 28.5 Å². The number of anilines is 1. The van der Waals surface area contributed by atoms with Crippen LogP contribution in [0.25, 0.3) is 0 Å². The molecule has 1 saturated carbocycles. The van der Waals surface area contributed by atoms with Crippen molar-refractivity contribution in [1.82, 2.24) is 9.97 Å². The van der Waals surface area contributed by atoms with Gasteiger partial charge in [-0.25, -0.2) is 9.97 Å². The summed E-state index contributed by atoms with van der Waals surface area (Å²) >= 11 is 5.40. The maximum atomic E-state index is 4.59. The first-order valence-corrected chi connectivity index (χ1v) is 9.25. The highest BCUT2D eigenvalue weighted by molar-refractivity contribution is 9.10. The Kier molecular flexibility index (Phi) is 6.44. The molecule has 19 heavy (non-hydrogen) atoms. The van der Waals surface area contributed by atoms with Crippen molar-refractivity contribution < 1.29 is 0 Å². The van der Waals surface area contributed by atoms with Crippen LogP contribution in [0.1, 0.15) is 50.3 Å². The van der Waals surface area contributed by atoms with Crippen LogP contribution in [-0.2, 0) is 0 Å². The third-order valence-corrected chi connectivity index (χ3v) is 4.34. The Morgan fingerprint density at radius 3 is 2.79 bits per heavy atom. The van der Waals surface area contributed by atoms with Crippen molar-refractivity contribution in [3.8, 4) is 0 Å². The van der Waals surface area contributed by atoms with Crippen LogP contribution in [0.5, 0.6) is 0 Å². The van der Waals surface area contributed by atoms with Gasteiger partial charge in [-0.15, -0.1) is 0 Å². The van der Waals surface area contributed by atoms with Crippen LogP contribution in [0.3, 0.4) is 0 Å². The van der Waals surface area contributed by atoms with Gasteiger partial charge in [-0.3, -0.25) is 0 Å². The van der Waals surface area contributed by atoms with Gasteiger partial charge in [0, 0.05) is 18.5 Å². The fraction of sp³-hybridized carbons (Fsp3) is 0.714. The van der Waals surface area contributed by atoms with E-state index in [1.807, 2.05) is 17.8 Å². The van der Waals surface area contributed by atoms with E-state index < -0.39 is 0 Å². The molecule has 0 amide bonds. The largest absolute Gasteiger partial charge is 0.370 e. The molecule has 1 fully saturated rings. The van der Waals surface area contributed by atoms with Gasteiger partial charge in [0.25, 0.3) is 0 Å². The van der Waals surface area contributed by atoms with E-state index in [0.717, 1.165) is 22.8 Å². The average molecular weight is 344 g/mol. The second-order valence-electron chi connectivity index (χ2n) is 5.04. The fourth-order valence-corrected chi connectivity index (χ4v) is 2.88. The van der Waals surface area contributed by atoms with E-state index in [4.69, 9.17) is 0 Å². The van der Waals surface area contributed by atoms with Gasteiger partial charge in [0.15, 0.2) is 0 Å². The summed E-state index contributed by atoms with van der Waals surface area (Å²) in [5.74, 6) is 3.85. The zero-order chi connectivity index (χ0) is 13.5. The molecule has 1 aliphatic rings. The minimum Gasteiger partial charge on any atom is -0.370 e. The molecule has 0 aliphatic heterocycles. The fourth-order valence-electron chi connectivity index (χ4n) is 1.99. The minimum absolute atomic E-state index is 0.601. The van der Waals surface area contributed by atoms with Crippen molar-refractivity contribution in [3.05, 3.63) is 16.5 Å². The molecule has 2 rings (SSSR count). The molecule has 1 aliphatic carbocycles. The number of nitrogens with one attached hydrogen (secondary N) is 1. The Balaban J connectivity index is 1.67. The maximum absolute atomic E-state index is 4.59. The minimum atomic E-state index is 0.601. The Morgan fingerprint density at radius 1 is 1.26 bits per heavy atom. The molecular formula is C14H22BrN3S. The summed E-state index contributed by atoms with van der Waals surface area (Å²) < 4.78 is 0.895. The van der Waals surface area contributed by atoms with Crippen LogP contribution in [0, 0.1) is 0 Å². The third kappa shape index (κ3) is 5.69. The summed E-state index contributed by atoms with van der Waals surface area (Å²) in [4.78, 5) is 9.02. The van der Waals surface area contributed by atoms with Crippen molar-refractivity contribution in [2.45, 2.75) is 44.4 Å². The molecule has 106 valence electrons. The second kappa shape index (κ2) is 8.10. The highest BCUT2D eigenvalue weighted by atomic mass is 79.9. The molecular weight excluding hydrogens is 322 g/mol. The van der Waals surface area contributed by atoms with Crippen molar-refractivity contribution >= 4 is 33.5 Å². The van der Waals surface area contributed by atoms with Gasteiger partial charge in [-0.05, 0) is 53.6 Å². The van der Waals surface area contributed by atoms with Crippen LogP contribution in [0.2, 0.25) is 0 Å². The Bertz CT molecular complexity index is 396. The summed E-state index contributed by atoms with van der Waals surface area (Å²) in [5, 5.41) is 3.41. The maximum Gasteiger partial charge on any atom is 0.135 e. The normalized spacial score (nSPS) is 14.6. The number of thioether (sulfide) groups is 1. The molecule has 1 heterocycles. The van der Waals surface area contributed by atoms with E-state index in [-0.39, 0.29) is 0 Å². The van der Waals surface area contributed by atoms with E-state index in [1.54, 1.807) is 0 Å². The average Bonchev–Trinajstić information content (AvgIpc) is 3.21. The van der Waals surface area contributed by atoms with E-state index in [2.05, 4.69) is 37.5 Å². The molecule has 1 N–H and O–H groups in total. The lowest BCUT2D eigenvalue weighted by atomic mass is 10.2. The monoisotopic (exact) mass is 343 g/mol. The third-order valence-electron chi connectivity index (χ3n) is 3.24. The number of rotatable bonds is 9. The van der Waals surface area contributed by atoms with Gasteiger partial charge < -0.3 is 5.32 Å². The van der Waals surface area contributed by atoms with Gasteiger partial charge in [0.2, 0.25) is 0 Å². The molecule has 1 aromatic rings. The Labute approximate surface area is 128 Å². The molecule has 0 spiro atoms. The predicted molar refractivity (Wildman–Crippen MR) is 87.0 cm³/mol. The molecule has 0 unspecified atom stereocenters. The number of nitrogens with zero attached hydrogens (tertiary/aromatic N) is 2. The number of hydrogen-bond donors (Lipinski definition) is 1. The highest BCUT2D eigenvalue weighted by Crippen LogP contribution is 2.38. The summed E-state index contributed by atoms with van der Waals surface area (Å²) in [7, 11) is 0. The van der Waals surface area contributed by atoms with E-state index >= 15 is 0 Å². The smallest absolute Gasteiger partial charge is 0.135 e. The zero-order valence-corrected chi connectivity index (χ0v) is 13.9. The molecule has 0 atom stereocenters. The molecule has 0 radical (unpaired) electrons. The van der Waals surface area contributed by atoms with Crippen LogP contribution in [0.4, 0.5) is 5.82 Å². The van der Waals surface area contributed by atoms with Gasteiger partial charge in [-0.1, -0.05) is 12.8 Å². The SMILES string of the molecule is CSCCCCCCNc1cc(Br)nc(C2CC2)n1. The lowest BCUT2D eigenvalue weighted by Gasteiger charge is -2.07. The van der Waals surface area contributed by atoms with Crippen molar-refractivity contribution in [1.29, 1.82) is 0 Å². The molecule has 0 aromatic carbocycles. The summed E-state index contributed by atoms with van der Waals surface area (Å²) in [6.45, 7) is 1.01. The van der Waals surface area contributed by atoms with Gasteiger partial charge in [0.1, 0.15) is 16.2 Å².